The molecule has 1 aromatic heterocycles. The molecule has 6 heteroatoms. The van der Waals surface area contributed by atoms with Crippen LogP contribution in [0, 0.1) is 23.0 Å². The topological polar surface area (TPSA) is 60.4 Å². The molecular weight excluding hydrogens is 358 g/mol. The molecule has 0 radical (unpaired) electrons. The van der Waals surface area contributed by atoms with Crippen LogP contribution >= 0.6 is 11.3 Å². The molecule has 1 aromatic carbocycles. The zero-order chi connectivity index (χ0) is 19.8. The maximum Gasteiger partial charge on any atom is 0.269 e. The van der Waals surface area contributed by atoms with Crippen molar-refractivity contribution in [3.63, 3.8) is 0 Å². The van der Waals surface area contributed by atoms with Crippen LogP contribution in [0.5, 0.6) is 0 Å². The highest BCUT2D eigenvalue weighted by molar-refractivity contribution is 7.07. The molecule has 0 aliphatic rings. The molecule has 2 rings (SSSR count). The van der Waals surface area contributed by atoms with Gasteiger partial charge in [0.25, 0.3) is 5.69 Å². The van der Waals surface area contributed by atoms with E-state index in [-0.39, 0.29) is 10.6 Å². The molecule has 0 spiro atoms. The maximum absolute atomic E-state index is 10.9. The Morgan fingerprint density at radius 2 is 1.96 bits per heavy atom. The molecule has 0 saturated heterocycles. The Morgan fingerprint density at radius 3 is 2.59 bits per heavy atom. The zero-order valence-electron chi connectivity index (χ0n) is 16.9. The van der Waals surface area contributed by atoms with E-state index in [1.54, 1.807) is 23.5 Å². The molecule has 1 heterocycles. The zero-order valence-corrected chi connectivity index (χ0v) is 17.7. The molecule has 0 N–H and O–H groups in total. The first-order valence-electron chi connectivity index (χ1n) is 9.89. The molecular formula is C21H31N3O2S. The molecule has 0 unspecified atom stereocenters. The third kappa shape index (κ3) is 6.31. The summed E-state index contributed by atoms with van der Waals surface area (Å²) in [6.07, 6.45) is 7.29. The minimum absolute atomic E-state index is 0.113. The molecule has 0 aliphatic heterocycles. The van der Waals surface area contributed by atoms with E-state index >= 15 is 0 Å². The summed E-state index contributed by atoms with van der Waals surface area (Å²) >= 11 is 1.66. The van der Waals surface area contributed by atoms with E-state index in [1.165, 1.54) is 37.4 Å². The van der Waals surface area contributed by atoms with Crippen molar-refractivity contribution in [2.45, 2.75) is 72.8 Å². The molecule has 0 aliphatic carbocycles. The molecule has 148 valence electrons. The monoisotopic (exact) mass is 389 g/mol. The van der Waals surface area contributed by atoms with E-state index in [4.69, 9.17) is 4.99 Å². The number of aromatic nitrogens is 1. The van der Waals surface area contributed by atoms with Crippen molar-refractivity contribution in [2.24, 2.45) is 10.9 Å². The van der Waals surface area contributed by atoms with Crippen LogP contribution in [-0.4, -0.2) is 9.49 Å². The average Bonchev–Trinajstić information content (AvgIpc) is 2.97. The Kier molecular flexibility index (Phi) is 8.23. The molecule has 0 atom stereocenters. The van der Waals surface area contributed by atoms with Gasteiger partial charge in [0.15, 0.2) is 4.80 Å². The lowest BCUT2D eigenvalue weighted by atomic mass is 10.1. The third-order valence-electron chi connectivity index (χ3n) is 4.59. The first kappa shape index (κ1) is 21.4. The van der Waals surface area contributed by atoms with Crippen molar-refractivity contribution in [3.05, 3.63) is 49.8 Å². The van der Waals surface area contributed by atoms with Crippen molar-refractivity contribution < 1.29 is 4.92 Å². The SMILES string of the molecule is CCCCCCCn1c(CC(C)C)csc1=Nc1ccc([N+](=O)[O-])cc1C. The van der Waals surface area contributed by atoms with Crippen LogP contribution < -0.4 is 4.80 Å². The van der Waals surface area contributed by atoms with Gasteiger partial charge in [-0.05, 0) is 37.3 Å². The fourth-order valence-corrected chi connectivity index (χ4v) is 4.08. The van der Waals surface area contributed by atoms with E-state index in [9.17, 15) is 10.1 Å². The van der Waals surface area contributed by atoms with Gasteiger partial charge in [-0.3, -0.25) is 10.1 Å². The number of rotatable bonds is 10. The van der Waals surface area contributed by atoms with Gasteiger partial charge in [-0.25, -0.2) is 4.99 Å². The van der Waals surface area contributed by atoms with E-state index in [1.807, 2.05) is 6.92 Å². The van der Waals surface area contributed by atoms with Gasteiger partial charge in [0.2, 0.25) is 0 Å². The lowest BCUT2D eigenvalue weighted by Gasteiger charge is -2.11. The van der Waals surface area contributed by atoms with Crippen molar-refractivity contribution in [2.75, 3.05) is 0 Å². The van der Waals surface area contributed by atoms with Crippen molar-refractivity contribution in [3.8, 4) is 0 Å². The second kappa shape index (κ2) is 10.4. The molecule has 0 amide bonds. The van der Waals surface area contributed by atoms with Crippen LogP contribution in [0.25, 0.3) is 0 Å². The minimum Gasteiger partial charge on any atom is -0.321 e. The molecule has 0 bridgehead atoms. The first-order chi connectivity index (χ1) is 12.9. The first-order valence-corrected chi connectivity index (χ1v) is 10.8. The second-order valence-corrected chi connectivity index (χ2v) is 8.35. The van der Waals surface area contributed by atoms with E-state index in [0.717, 1.165) is 35.4 Å². The van der Waals surface area contributed by atoms with Gasteiger partial charge in [0.05, 0.1) is 10.6 Å². The number of non-ortho nitro benzene ring substituents is 1. The smallest absolute Gasteiger partial charge is 0.269 e. The van der Waals surface area contributed by atoms with E-state index in [2.05, 4.69) is 30.7 Å². The standard InChI is InChI=1S/C21H31N3O2S/c1-5-6-7-8-9-12-23-19(13-16(2)3)15-27-21(23)22-20-11-10-18(24(25)26)14-17(20)4/h10-11,14-16H,5-9,12-13H2,1-4H3. The van der Waals surface area contributed by atoms with Crippen molar-refractivity contribution in [1.82, 2.24) is 4.57 Å². The minimum atomic E-state index is -0.362. The van der Waals surface area contributed by atoms with Crippen LogP contribution in [0.3, 0.4) is 0 Å². The lowest BCUT2D eigenvalue weighted by Crippen LogP contribution is -2.18. The van der Waals surface area contributed by atoms with Crippen LogP contribution in [0.4, 0.5) is 11.4 Å². The number of thiazole rings is 1. The summed E-state index contributed by atoms with van der Waals surface area (Å²) in [6.45, 7) is 9.57. The van der Waals surface area contributed by atoms with Gasteiger partial charge in [-0.1, -0.05) is 46.5 Å². The largest absolute Gasteiger partial charge is 0.321 e. The van der Waals surface area contributed by atoms with Crippen molar-refractivity contribution >= 4 is 22.7 Å². The molecule has 0 saturated carbocycles. The fourth-order valence-electron chi connectivity index (χ4n) is 3.13. The quantitative estimate of drug-likeness (QED) is 0.277. The Balaban J connectivity index is 2.30. The summed E-state index contributed by atoms with van der Waals surface area (Å²) in [4.78, 5) is 16.4. The molecule has 2 aromatic rings. The predicted octanol–water partition coefficient (Wildman–Crippen LogP) is 6.17. The normalized spacial score (nSPS) is 12.1. The Labute approximate surface area is 165 Å². The summed E-state index contributed by atoms with van der Waals surface area (Å²) in [7, 11) is 0. The van der Waals surface area contributed by atoms with Gasteiger partial charge in [-0.2, -0.15) is 0 Å². The number of hydrogen-bond donors (Lipinski definition) is 0. The summed E-state index contributed by atoms with van der Waals surface area (Å²) in [6, 6.07) is 4.88. The highest BCUT2D eigenvalue weighted by Crippen LogP contribution is 2.23. The maximum atomic E-state index is 10.9. The summed E-state index contributed by atoms with van der Waals surface area (Å²) in [5.74, 6) is 0.597. The van der Waals surface area contributed by atoms with Gasteiger partial charge in [0.1, 0.15) is 0 Å². The Bertz CT molecular complexity index is 821. The van der Waals surface area contributed by atoms with Gasteiger partial charge < -0.3 is 4.57 Å². The van der Waals surface area contributed by atoms with Crippen LogP contribution in [0.2, 0.25) is 0 Å². The van der Waals surface area contributed by atoms with E-state index < -0.39 is 0 Å². The van der Waals surface area contributed by atoms with Crippen LogP contribution in [-0.2, 0) is 13.0 Å². The van der Waals surface area contributed by atoms with Crippen molar-refractivity contribution in [1.29, 1.82) is 0 Å². The van der Waals surface area contributed by atoms with Crippen LogP contribution in [0.1, 0.15) is 64.1 Å². The van der Waals surface area contributed by atoms with Crippen LogP contribution in [0.15, 0.2) is 28.6 Å². The van der Waals surface area contributed by atoms with Gasteiger partial charge in [-0.15, -0.1) is 11.3 Å². The number of hydrogen-bond acceptors (Lipinski definition) is 4. The number of unbranched alkanes of at least 4 members (excludes halogenated alkanes) is 4. The molecule has 5 nitrogen and oxygen atoms in total. The highest BCUT2D eigenvalue weighted by Gasteiger charge is 2.10. The summed E-state index contributed by atoms with van der Waals surface area (Å²) < 4.78 is 2.34. The Hall–Kier alpha value is -1.95. The third-order valence-corrected chi connectivity index (χ3v) is 5.50. The second-order valence-electron chi connectivity index (χ2n) is 7.51. The lowest BCUT2D eigenvalue weighted by molar-refractivity contribution is -0.384. The van der Waals surface area contributed by atoms with Gasteiger partial charge >= 0.3 is 0 Å². The molecule has 0 fully saturated rings. The van der Waals surface area contributed by atoms with E-state index in [0.29, 0.717) is 5.92 Å². The fraction of sp³-hybridized carbons (Fsp3) is 0.571. The Morgan fingerprint density at radius 1 is 1.22 bits per heavy atom. The number of aryl methyl sites for hydroxylation is 1. The number of benzene rings is 1. The number of nitro benzene ring substituents is 1. The highest BCUT2D eigenvalue weighted by atomic mass is 32.1. The number of nitrogens with zero attached hydrogens (tertiary/aromatic N) is 3. The average molecular weight is 390 g/mol. The summed E-state index contributed by atoms with van der Waals surface area (Å²) in [5, 5.41) is 13.2. The predicted molar refractivity (Wildman–Crippen MR) is 113 cm³/mol. The summed E-state index contributed by atoms with van der Waals surface area (Å²) in [5.41, 5.74) is 3.08. The van der Waals surface area contributed by atoms with Gasteiger partial charge in [0, 0.05) is 29.8 Å². The number of nitro groups is 1. The molecule has 27 heavy (non-hydrogen) atoms.